The smallest absolute Gasteiger partial charge is 0.221 e. The number of aliphatic hydroxyl groups excluding tert-OH is 1. The van der Waals surface area contributed by atoms with Crippen molar-refractivity contribution in [3.8, 4) is 5.75 Å². The highest BCUT2D eigenvalue weighted by atomic mass is 16.5. The molecule has 0 fully saturated rings. The molecule has 1 heterocycles. The van der Waals surface area contributed by atoms with Crippen LogP contribution in [0.2, 0.25) is 0 Å². The van der Waals surface area contributed by atoms with E-state index in [0.29, 0.717) is 19.4 Å². The van der Waals surface area contributed by atoms with Crippen LogP contribution in [0.3, 0.4) is 0 Å². The molecule has 25 heavy (non-hydrogen) atoms. The summed E-state index contributed by atoms with van der Waals surface area (Å²) in [5, 5.41) is 12.3. The van der Waals surface area contributed by atoms with Crippen molar-refractivity contribution in [1.29, 1.82) is 0 Å². The van der Waals surface area contributed by atoms with E-state index in [9.17, 15) is 4.79 Å². The van der Waals surface area contributed by atoms with Crippen LogP contribution in [0.15, 0.2) is 54.6 Å². The van der Waals surface area contributed by atoms with E-state index in [1.807, 2.05) is 54.6 Å². The van der Waals surface area contributed by atoms with Crippen LogP contribution in [0, 0.1) is 0 Å². The van der Waals surface area contributed by atoms with E-state index >= 15 is 0 Å². The topological polar surface area (TPSA) is 58.6 Å². The van der Waals surface area contributed by atoms with Gasteiger partial charge in [0.05, 0.1) is 12.6 Å². The van der Waals surface area contributed by atoms with Gasteiger partial charge in [0.1, 0.15) is 5.75 Å². The third-order valence-electron chi connectivity index (χ3n) is 4.70. The maximum absolute atomic E-state index is 12.7. The molecule has 3 rings (SSSR count). The molecule has 0 aliphatic carbocycles. The predicted octanol–water partition coefficient (Wildman–Crippen LogP) is 3.57. The van der Waals surface area contributed by atoms with Gasteiger partial charge in [0.15, 0.2) is 0 Å². The Labute approximate surface area is 148 Å². The van der Waals surface area contributed by atoms with E-state index in [0.717, 1.165) is 29.7 Å². The van der Waals surface area contributed by atoms with Gasteiger partial charge in [0, 0.05) is 13.0 Å². The Hall–Kier alpha value is -2.33. The normalized spacial score (nSPS) is 17.2. The molecule has 0 bridgehead atoms. The van der Waals surface area contributed by atoms with Crippen LogP contribution < -0.4 is 10.1 Å². The Bertz CT molecular complexity index is 687. The van der Waals surface area contributed by atoms with Gasteiger partial charge in [-0.05, 0) is 42.4 Å². The number of rotatable bonds is 7. The summed E-state index contributed by atoms with van der Waals surface area (Å²) in [6.07, 6.45) is 2.72. The van der Waals surface area contributed by atoms with Crippen molar-refractivity contribution >= 4 is 5.91 Å². The molecule has 0 saturated heterocycles. The minimum absolute atomic E-state index is 0.0495. The first-order chi connectivity index (χ1) is 12.3. The molecule has 2 unspecified atom stereocenters. The number of benzene rings is 2. The molecular formula is C21H25NO3. The number of nitrogens with one attached hydrogen (secondary N) is 1. The second kappa shape index (κ2) is 8.67. The molecule has 2 atom stereocenters. The number of hydrogen-bond donors (Lipinski definition) is 2. The van der Waals surface area contributed by atoms with Crippen LogP contribution in [0.1, 0.15) is 48.8 Å². The van der Waals surface area contributed by atoms with Gasteiger partial charge in [0.25, 0.3) is 0 Å². The largest absolute Gasteiger partial charge is 0.493 e. The number of amides is 1. The second-order valence-corrected chi connectivity index (χ2v) is 6.47. The summed E-state index contributed by atoms with van der Waals surface area (Å²) in [4.78, 5) is 12.7. The van der Waals surface area contributed by atoms with E-state index in [1.165, 1.54) is 0 Å². The second-order valence-electron chi connectivity index (χ2n) is 6.47. The molecule has 4 heteroatoms. The Morgan fingerprint density at radius 1 is 1.16 bits per heavy atom. The third kappa shape index (κ3) is 4.60. The highest BCUT2D eigenvalue weighted by Gasteiger charge is 2.24. The van der Waals surface area contributed by atoms with E-state index in [1.54, 1.807) is 0 Å². The standard InChI is InChI=1S/C21H25NO3/c23-13-6-10-19(16-7-2-1-3-8-16)22-21(24)15-17-12-14-25-20-11-5-4-9-18(17)20/h1-5,7-9,11,17,19,23H,6,10,12-15H2,(H,22,24). The molecule has 1 aliphatic heterocycles. The fourth-order valence-corrected chi connectivity index (χ4v) is 3.41. The van der Waals surface area contributed by atoms with E-state index in [2.05, 4.69) is 5.32 Å². The van der Waals surface area contributed by atoms with Crippen LogP contribution >= 0.6 is 0 Å². The molecule has 1 amide bonds. The van der Waals surface area contributed by atoms with Crippen LogP contribution in [-0.4, -0.2) is 24.2 Å². The molecule has 2 N–H and O–H groups in total. The summed E-state index contributed by atoms with van der Waals surface area (Å²) >= 11 is 0. The van der Waals surface area contributed by atoms with Gasteiger partial charge in [-0.1, -0.05) is 48.5 Å². The lowest BCUT2D eigenvalue weighted by Gasteiger charge is -2.26. The minimum atomic E-state index is -0.0593. The van der Waals surface area contributed by atoms with Gasteiger partial charge in [-0.15, -0.1) is 0 Å². The number of para-hydroxylation sites is 1. The van der Waals surface area contributed by atoms with Crippen molar-refractivity contribution in [2.75, 3.05) is 13.2 Å². The highest BCUT2D eigenvalue weighted by molar-refractivity contribution is 5.77. The average molecular weight is 339 g/mol. The first-order valence-electron chi connectivity index (χ1n) is 8.95. The number of ether oxygens (including phenoxy) is 1. The minimum Gasteiger partial charge on any atom is -0.493 e. The highest BCUT2D eigenvalue weighted by Crippen LogP contribution is 2.35. The molecule has 2 aromatic carbocycles. The van der Waals surface area contributed by atoms with E-state index < -0.39 is 0 Å². The number of carbonyl (C=O) groups excluding carboxylic acids is 1. The lowest BCUT2D eigenvalue weighted by molar-refractivity contribution is -0.122. The van der Waals surface area contributed by atoms with Crippen molar-refractivity contribution in [2.24, 2.45) is 0 Å². The van der Waals surface area contributed by atoms with Crippen LogP contribution in [-0.2, 0) is 4.79 Å². The monoisotopic (exact) mass is 339 g/mol. The van der Waals surface area contributed by atoms with Gasteiger partial charge < -0.3 is 15.2 Å². The van der Waals surface area contributed by atoms with Gasteiger partial charge in [-0.3, -0.25) is 4.79 Å². The molecule has 0 radical (unpaired) electrons. The first-order valence-corrected chi connectivity index (χ1v) is 8.95. The Kier molecular flexibility index (Phi) is 6.07. The van der Waals surface area contributed by atoms with Crippen molar-refractivity contribution in [3.63, 3.8) is 0 Å². The van der Waals surface area contributed by atoms with Crippen molar-refractivity contribution in [1.82, 2.24) is 5.32 Å². The summed E-state index contributed by atoms with van der Waals surface area (Å²) in [5.74, 6) is 1.14. The lowest BCUT2D eigenvalue weighted by atomic mass is 9.89. The Morgan fingerprint density at radius 2 is 1.92 bits per heavy atom. The third-order valence-corrected chi connectivity index (χ3v) is 4.70. The Balaban J connectivity index is 1.66. The fourth-order valence-electron chi connectivity index (χ4n) is 3.41. The zero-order chi connectivity index (χ0) is 17.5. The fraction of sp³-hybridized carbons (Fsp3) is 0.381. The van der Waals surface area contributed by atoms with Crippen LogP contribution in [0.4, 0.5) is 0 Å². The van der Waals surface area contributed by atoms with E-state index in [-0.39, 0.29) is 24.5 Å². The number of carbonyl (C=O) groups is 1. The average Bonchev–Trinajstić information content (AvgIpc) is 2.66. The molecule has 4 nitrogen and oxygen atoms in total. The van der Waals surface area contributed by atoms with Crippen LogP contribution in [0.5, 0.6) is 5.75 Å². The summed E-state index contributed by atoms with van der Waals surface area (Å²) in [5.41, 5.74) is 2.20. The van der Waals surface area contributed by atoms with Crippen molar-refractivity contribution in [3.05, 3.63) is 65.7 Å². The summed E-state index contributed by atoms with van der Waals surface area (Å²) < 4.78 is 5.68. The van der Waals surface area contributed by atoms with Crippen LogP contribution in [0.25, 0.3) is 0 Å². The summed E-state index contributed by atoms with van der Waals surface area (Å²) in [7, 11) is 0. The van der Waals surface area contributed by atoms with Gasteiger partial charge in [-0.25, -0.2) is 0 Å². The maximum atomic E-state index is 12.7. The molecule has 0 spiro atoms. The van der Waals surface area contributed by atoms with E-state index in [4.69, 9.17) is 9.84 Å². The maximum Gasteiger partial charge on any atom is 0.221 e. The van der Waals surface area contributed by atoms with Gasteiger partial charge in [-0.2, -0.15) is 0 Å². The molecule has 1 aliphatic rings. The van der Waals surface area contributed by atoms with Gasteiger partial charge >= 0.3 is 0 Å². The molecule has 2 aromatic rings. The van der Waals surface area contributed by atoms with Crippen molar-refractivity contribution < 1.29 is 14.6 Å². The molecular weight excluding hydrogens is 314 g/mol. The molecule has 0 aromatic heterocycles. The predicted molar refractivity (Wildman–Crippen MR) is 97.6 cm³/mol. The SMILES string of the molecule is O=C(CC1CCOc2ccccc21)NC(CCCO)c1ccccc1. The molecule has 132 valence electrons. The summed E-state index contributed by atoms with van der Waals surface area (Å²) in [6, 6.07) is 17.9. The summed E-state index contributed by atoms with van der Waals surface area (Å²) in [6.45, 7) is 0.786. The lowest BCUT2D eigenvalue weighted by Crippen LogP contribution is -2.30. The molecule has 0 saturated carbocycles. The quantitative estimate of drug-likeness (QED) is 0.811. The first kappa shape index (κ1) is 17.5. The van der Waals surface area contributed by atoms with Crippen molar-refractivity contribution in [2.45, 2.75) is 37.6 Å². The zero-order valence-corrected chi connectivity index (χ0v) is 14.4. The number of aliphatic hydroxyl groups is 1. The Morgan fingerprint density at radius 3 is 2.72 bits per heavy atom. The van der Waals surface area contributed by atoms with Gasteiger partial charge in [0.2, 0.25) is 5.91 Å². The number of hydrogen-bond acceptors (Lipinski definition) is 3. The number of fused-ring (bicyclic) bond motifs is 1. The zero-order valence-electron chi connectivity index (χ0n) is 14.4.